The molecule has 20 heavy (non-hydrogen) atoms. The molecule has 0 fully saturated rings. The molecule has 0 bridgehead atoms. The van der Waals surface area contributed by atoms with Crippen LogP contribution in [0.2, 0.25) is 0 Å². The number of aromatic nitrogens is 2. The molecule has 1 aromatic heterocycles. The molecule has 2 aromatic rings. The predicted octanol–water partition coefficient (Wildman–Crippen LogP) is 1.30. The summed E-state index contributed by atoms with van der Waals surface area (Å²) in [5.74, 6) is 0.624. The highest BCUT2D eigenvalue weighted by atomic mass is 16.6. The fraction of sp³-hybridized carbons (Fsp3) is 0.231. The molecule has 7 nitrogen and oxygen atoms in total. The highest BCUT2D eigenvalue weighted by Gasteiger charge is 2.11. The molecule has 1 aromatic carbocycles. The number of hydrogen-bond donors (Lipinski definition) is 3. The zero-order chi connectivity index (χ0) is 14.4. The minimum Gasteiger partial charge on any atom is -0.490 e. The molecule has 0 saturated heterocycles. The molecule has 0 saturated carbocycles. The Bertz CT molecular complexity index is 569. The summed E-state index contributed by atoms with van der Waals surface area (Å²) in [6.07, 6.45) is 2.97. The maximum absolute atomic E-state index is 10.9. The molecule has 0 unspecified atom stereocenters. The van der Waals surface area contributed by atoms with Crippen molar-refractivity contribution < 1.29 is 19.4 Å². The zero-order valence-electron chi connectivity index (χ0n) is 10.7. The number of aliphatic hydroxyl groups excluding tert-OH is 1. The summed E-state index contributed by atoms with van der Waals surface area (Å²) in [4.78, 5) is 10.9. The van der Waals surface area contributed by atoms with Gasteiger partial charge in [0.25, 0.3) is 0 Å². The second kappa shape index (κ2) is 6.58. The van der Waals surface area contributed by atoms with E-state index >= 15 is 0 Å². The fourth-order valence-electron chi connectivity index (χ4n) is 1.65. The summed E-state index contributed by atoms with van der Waals surface area (Å²) >= 11 is 0. The lowest BCUT2D eigenvalue weighted by atomic mass is 10.1. The largest absolute Gasteiger partial charge is 0.490 e. The van der Waals surface area contributed by atoms with Crippen LogP contribution in [0.4, 0.5) is 4.79 Å². The first-order valence-corrected chi connectivity index (χ1v) is 6.05. The molecule has 106 valence electrons. The van der Waals surface area contributed by atoms with E-state index in [1.807, 2.05) is 0 Å². The number of H-pyrrole nitrogens is 1. The SMILES string of the molecule is NC(=O)Oc1ccc(-c2cn[nH]c2)cc1OCCCO. The van der Waals surface area contributed by atoms with Crippen molar-refractivity contribution in [1.82, 2.24) is 10.2 Å². The number of carbonyl (C=O) groups excluding carboxylic acids is 1. The third kappa shape index (κ3) is 3.48. The lowest BCUT2D eigenvalue weighted by molar-refractivity contribution is 0.203. The molecule has 2 rings (SSSR count). The van der Waals surface area contributed by atoms with Crippen molar-refractivity contribution in [3.8, 4) is 22.6 Å². The van der Waals surface area contributed by atoms with E-state index in [2.05, 4.69) is 10.2 Å². The maximum Gasteiger partial charge on any atom is 0.410 e. The van der Waals surface area contributed by atoms with Gasteiger partial charge < -0.3 is 20.3 Å². The molecule has 1 amide bonds. The van der Waals surface area contributed by atoms with Crippen molar-refractivity contribution in [2.45, 2.75) is 6.42 Å². The van der Waals surface area contributed by atoms with Gasteiger partial charge >= 0.3 is 6.09 Å². The van der Waals surface area contributed by atoms with E-state index in [4.69, 9.17) is 20.3 Å². The van der Waals surface area contributed by atoms with Gasteiger partial charge in [0.15, 0.2) is 11.5 Å². The Balaban J connectivity index is 2.26. The van der Waals surface area contributed by atoms with E-state index in [9.17, 15) is 4.79 Å². The molecule has 4 N–H and O–H groups in total. The highest BCUT2D eigenvalue weighted by Crippen LogP contribution is 2.32. The molecule has 0 aliphatic rings. The normalized spacial score (nSPS) is 10.2. The average Bonchev–Trinajstić information content (AvgIpc) is 2.94. The summed E-state index contributed by atoms with van der Waals surface area (Å²) in [7, 11) is 0. The van der Waals surface area contributed by atoms with Crippen LogP contribution < -0.4 is 15.2 Å². The Morgan fingerprint density at radius 2 is 2.20 bits per heavy atom. The number of aromatic amines is 1. The van der Waals surface area contributed by atoms with E-state index < -0.39 is 6.09 Å². The van der Waals surface area contributed by atoms with E-state index in [-0.39, 0.29) is 12.4 Å². The van der Waals surface area contributed by atoms with Crippen molar-refractivity contribution >= 4 is 6.09 Å². The number of aliphatic hydroxyl groups is 1. The van der Waals surface area contributed by atoms with Crippen molar-refractivity contribution in [2.24, 2.45) is 5.73 Å². The number of carbonyl (C=O) groups is 1. The van der Waals surface area contributed by atoms with Crippen LogP contribution in [0.1, 0.15) is 6.42 Å². The van der Waals surface area contributed by atoms with Gasteiger partial charge in [-0.25, -0.2) is 4.79 Å². The van der Waals surface area contributed by atoms with Gasteiger partial charge in [-0.1, -0.05) is 6.07 Å². The third-order valence-corrected chi connectivity index (χ3v) is 2.55. The first kappa shape index (κ1) is 13.9. The molecule has 0 aliphatic carbocycles. The van der Waals surface area contributed by atoms with Gasteiger partial charge in [-0.05, 0) is 17.7 Å². The number of nitrogens with two attached hydrogens (primary N) is 1. The number of hydrogen-bond acceptors (Lipinski definition) is 5. The fourth-order valence-corrected chi connectivity index (χ4v) is 1.65. The molecule has 0 radical (unpaired) electrons. The van der Waals surface area contributed by atoms with Gasteiger partial charge in [0.2, 0.25) is 0 Å². The first-order valence-electron chi connectivity index (χ1n) is 6.05. The maximum atomic E-state index is 10.9. The summed E-state index contributed by atoms with van der Waals surface area (Å²) < 4.78 is 10.4. The quantitative estimate of drug-likeness (QED) is 0.689. The average molecular weight is 277 g/mol. The molecular weight excluding hydrogens is 262 g/mol. The minimum atomic E-state index is -0.909. The van der Waals surface area contributed by atoms with Crippen molar-refractivity contribution in [2.75, 3.05) is 13.2 Å². The first-order chi connectivity index (χ1) is 9.70. The van der Waals surface area contributed by atoms with Crippen LogP contribution in [-0.4, -0.2) is 34.6 Å². The Hall–Kier alpha value is -2.54. The molecule has 7 heteroatoms. The molecular formula is C13H15N3O4. The number of nitrogens with one attached hydrogen (secondary N) is 1. The highest BCUT2D eigenvalue weighted by molar-refractivity contribution is 5.71. The van der Waals surface area contributed by atoms with E-state index in [1.54, 1.807) is 30.6 Å². The Labute approximate surface area is 115 Å². The Morgan fingerprint density at radius 3 is 2.85 bits per heavy atom. The standard InChI is InChI=1S/C13H15N3O4/c14-13(18)20-11-3-2-9(10-7-15-16-8-10)6-12(11)19-5-1-4-17/h2-3,6-8,17H,1,4-5H2,(H2,14,18)(H,15,16). The summed E-state index contributed by atoms with van der Waals surface area (Å²) in [6, 6.07) is 5.09. The Kier molecular flexibility index (Phi) is 4.56. The van der Waals surface area contributed by atoms with Crippen molar-refractivity contribution in [3.63, 3.8) is 0 Å². The third-order valence-electron chi connectivity index (χ3n) is 2.55. The number of rotatable bonds is 6. The van der Waals surface area contributed by atoms with Crippen LogP contribution >= 0.6 is 0 Å². The monoisotopic (exact) mass is 277 g/mol. The number of amides is 1. The van der Waals surface area contributed by atoms with Crippen LogP contribution in [0.5, 0.6) is 11.5 Å². The number of nitrogens with zero attached hydrogens (tertiary/aromatic N) is 1. The van der Waals surface area contributed by atoms with Crippen LogP contribution in [-0.2, 0) is 0 Å². The zero-order valence-corrected chi connectivity index (χ0v) is 10.7. The van der Waals surface area contributed by atoms with Gasteiger partial charge in [-0.15, -0.1) is 0 Å². The summed E-state index contributed by atoms with van der Waals surface area (Å²) in [5.41, 5.74) is 6.74. The van der Waals surface area contributed by atoms with Crippen molar-refractivity contribution in [3.05, 3.63) is 30.6 Å². The van der Waals surface area contributed by atoms with Gasteiger partial charge in [0.1, 0.15) is 0 Å². The second-order valence-electron chi connectivity index (χ2n) is 4.00. The van der Waals surface area contributed by atoms with Gasteiger partial charge in [0, 0.05) is 24.8 Å². The van der Waals surface area contributed by atoms with Gasteiger partial charge in [0.05, 0.1) is 12.8 Å². The van der Waals surface area contributed by atoms with Crippen LogP contribution in [0, 0.1) is 0 Å². The molecule has 0 aliphatic heterocycles. The second-order valence-corrected chi connectivity index (χ2v) is 4.00. The molecule has 0 spiro atoms. The van der Waals surface area contributed by atoms with E-state index in [0.29, 0.717) is 18.8 Å². The van der Waals surface area contributed by atoms with Crippen molar-refractivity contribution in [1.29, 1.82) is 0 Å². The predicted molar refractivity (Wildman–Crippen MR) is 71.4 cm³/mol. The lowest BCUT2D eigenvalue weighted by Crippen LogP contribution is -2.17. The van der Waals surface area contributed by atoms with E-state index in [1.165, 1.54) is 0 Å². The van der Waals surface area contributed by atoms with Gasteiger partial charge in [-0.3, -0.25) is 5.10 Å². The van der Waals surface area contributed by atoms with E-state index in [0.717, 1.165) is 11.1 Å². The summed E-state index contributed by atoms with van der Waals surface area (Å²) in [6.45, 7) is 0.327. The Morgan fingerprint density at radius 1 is 1.35 bits per heavy atom. The number of benzene rings is 1. The molecule has 1 heterocycles. The summed E-state index contributed by atoms with van der Waals surface area (Å²) in [5, 5.41) is 15.4. The van der Waals surface area contributed by atoms with Crippen LogP contribution in [0.15, 0.2) is 30.6 Å². The lowest BCUT2D eigenvalue weighted by Gasteiger charge is -2.11. The molecule has 0 atom stereocenters. The minimum absolute atomic E-state index is 0.0213. The number of ether oxygens (including phenoxy) is 2. The number of primary amides is 1. The van der Waals surface area contributed by atoms with Crippen LogP contribution in [0.25, 0.3) is 11.1 Å². The topological polar surface area (TPSA) is 110 Å². The van der Waals surface area contributed by atoms with Gasteiger partial charge in [-0.2, -0.15) is 5.10 Å². The van der Waals surface area contributed by atoms with Crippen LogP contribution in [0.3, 0.4) is 0 Å². The smallest absolute Gasteiger partial charge is 0.410 e.